The normalized spacial score (nSPS) is 12.2. The number of aliphatic hydroxyl groups excluding tert-OH is 1. The molecule has 0 saturated heterocycles. The second-order valence-electron chi connectivity index (χ2n) is 9.71. The first-order valence-electron chi connectivity index (χ1n) is 12.4. The summed E-state index contributed by atoms with van der Waals surface area (Å²) in [5, 5.41) is 10.7. The Labute approximate surface area is 227 Å². The van der Waals surface area contributed by atoms with Gasteiger partial charge in [-0.3, -0.25) is 9.59 Å². The lowest BCUT2D eigenvalue weighted by molar-refractivity contribution is 0.00360. The summed E-state index contributed by atoms with van der Waals surface area (Å²) in [4.78, 5) is 49.8. The molecular weight excluding hydrogens is 524 g/mol. The van der Waals surface area contributed by atoms with Gasteiger partial charge in [-0.25, -0.2) is 9.59 Å². The summed E-state index contributed by atoms with van der Waals surface area (Å²) in [6, 6.07) is 11.3. The molecule has 1 atom stereocenters. The fraction of sp³-hybridized carbons (Fsp3) is 0.310. The number of ether oxygens (including phenoxy) is 4. The van der Waals surface area contributed by atoms with E-state index in [4.69, 9.17) is 27.8 Å². The van der Waals surface area contributed by atoms with E-state index in [9.17, 15) is 24.3 Å². The van der Waals surface area contributed by atoms with Crippen molar-refractivity contribution in [1.29, 1.82) is 0 Å². The molecule has 11 heteroatoms. The van der Waals surface area contributed by atoms with Crippen LogP contribution in [0, 0.1) is 0 Å². The number of aliphatic hydroxyl groups is 1. The molecule has 0 fully saturated rings. The van der Waals surface area contributed by atoms with Crippen LogP contribution < -0.4 is 20.3 Å². The van der Waals surface area contributed by atoms with E-state index in [1.807, 2.05) is 0 Å². The molecule has 210 valence electrons. The van der Waals surface area contributed by atoms with Crippen LogP contribution in [-0.2, 0) is 9.47 Å². The number of carbonyl (C=O) groups is 2. The molecule has 0 aliphatic rings. The molecule has 2 aromatic heterocycles. The Bertz CT molecular complexity index is 1670. The first kappa shape index (κ1) is 28.4. The molecule has 2 aromatic carbocycles. The van der Waals surface area contributed by atoms with Gasteiger partial charge in [-0.05, 0) is 52.0 Å². The Morgan fingerprint density at radius 2 is 1.30 bits per heavy atom. The Hall–Kier alpha value is -4.64. The molecule has 4 rings (SSSR count). The molecule has 0 spiro atoms. The molecule has 0 aliphatic heterocycles. The third-order valence-corrected chi connectivity index (χ3v) is 5.37. The second-order valence-corrected chi connectivity index (χ2v) is 9.71. The van der Waals surface area contributed by atoms with Crippen molar-refractivity contribution >= 4 is 33.9 Å². The number of benzene rings is 2. The largest absolute Gasteiger partial charge is 0.490 e. The molecule has 0 saturated carbocycles. The van der Waals surface area contributed by atoms with Crippen LogP contribution in [0.25, 0.3) is 21.9 Å². The molecule has 4 aromatic rings. The van der Waals surface area contributed by atoms with E-state index in [2.05, 4.69) is 0 Å². The fourth-order valence-corrected chi connectivity index (χ4v) is 3.75. The number of carbonyl (C=O) groups excluding carboxylic acids is 2. The molecule has 40 heavy (non-hydrogen) atoms. The van der Waals surface area contributed by atoms with Crippen LogP contribution in [0.15, 0.2) is 67.0 Å². The maximum Gasteiger partial charge on any atom is 0.374 e. The SMILES string of the molecule is CCOC(=O)c1cc(=O)c2c(OCC(O)COc3cccc4oc(C(=O)OC(C)(C)C)cc(=O)c34)cccc2o1. The van der Waals surface area contributed by atoms with Crippen LogP contribution in [0.2, 0.25) is 0 Å². The Kier molecular flexibility index (Phi) is 8.24. The maximum absolute atomic E-state index is 12.8. The van der Waals surface area contributed by atoms with Gasteiger partial charge in [-0.2, -0.15) is 0 Å². The molecule has 0 amide bonds. The lowest BCUT2D eigenvalue weighted by Gasteiger charge is -2.19. The van der Waals surface area contributed by atoms with Crippen molar-refractivity contribution in [3.05, 3.63) is 80.5 Å². The number of esters is 2. The first-order valence-corrected chi connectivity index (χ1v) is 12.4. The predicted molar refractivity (Wildman–Crippen MR) is 143 cm³/mol. The zero-order valence-electron chi connectivity index (χ0n) is 22.3. The van der Waals surface area contributed by atoms with Gasteiger partial charge in [0, 0.05) is 12.1 Å². The zero-order chi connectivity index (χ0) is 29.0. The van der Waals surface area contributed by atoms with E-state index < -0.39 is 34.5 Å². The van der Waals surface area contributed by atoms with Crippen LogP contribution in [-0.4, -0.2) is 48.6 Å². The Balaban J connectivity index is 1.46. The first-order chi connectivity index (χ1) is 19.0. The standard InChI is InChI=1S/C29H28O11/c1-5-35-27(33)23-12-17(31)25-19(8-6-10-21(25)38-23)36-14-16(30)15-37-20-9-7-11-22-26(20)18(32)13-24(39-22)28(34)40-29(2,3)4/h6-13,16,30H,5,14-15H2,1-4H3. The molecule has 0 radical (unpaired) electrons. The van der Waals surface area contributed by atoms with Crippen molar-refractivity contribution in [2.75, 3.05) is 19.8 Å². The fourth-order valence-electron chi connectivity index (χ4n) is 3.75. The summed E-state index contributed by atoms with van der Waals surface area (Å²) in [5.41, 5.74) is -1.57. The van der Waals surface area contributed by atoms with Crippen molar-refractivity contribution in [2.45, 2.75) is 39.4 Å². The summed E-state index contributed by atoms with van der Waals surface area (Å²) in [6.07, 6.45) is -1.16. The van der Waals surface area contributed by atoms with Crippen LogP contribution in [0.4, 0.5) is 0 Å². The predicted octanol–water partition coefficient (Wildman–Crippen LogP) is 3.85. The summed E-state index contributed by atoms with van der Waals surface area (Å²) in [5.74, 6) is -1.73. The third-order valence-electron chi connectivity index (χ3n) is 5.37. The van der Waals surface area contributed by atoms with Gasteiger partial charge in [-0.1, -0.05) is 12.1 Å². The Morgan fingerprint density at radius 1 is 0.825 bits per heavy atom. The highest BCUT2D eigenvalue weighted by atomic mass is 16.6. The number of hydrogen-bond donors (Lipinski definition) is 1. The van der Waals surface area contributed by atoms with Gasteiger partial charge in [0.2, 0.25) is 11.5 Å². The van der Waals surface area contributed by atoms with Gasteiger partial charge in [0.25, 0.3) is 0 Å². The number of fused-ring (bicyclic) bond motifs is 2. The van der Waals surface area contributed by atoms with Gasteiger partial charge < -0.3 is 32.9 Å². The molecule has 1 N–H and O–H groups in total. The van der Waals surface area contributed by atoms with Gasteiger partial charge in [-0.15, -0.1) is 0 Å². The smallest absolute Gasteiger partial charge is 0.374 e. The van der Waals surface area contributed by atoms with Gasteiger partial charge in [0.1, 0.15) is 58.4 Å². The molecule has 0 bridgehead atoms. The molecular formula is C29H28O11. The molecule has 0 aliphatic carbocycles. The van der Waals surface area contributed by atoms with Gasteiger partial charge >= 0.3 is 11.9 Å². The van der Waals surface area contributed by atoms with Crippen molar-refractivity contribution in [1.82, 2.24) is 0 Å². The van der Waals surface area contributed by atoms with Gasteiger partial charge in [0.15, 0.2) is 10.9 Å². The monoisotopic (exact) mass is 552 g/mol. The minimum absolute atomic E-state index is 0.0898. The van der Waals surface area contributed by atoms with Crippen molar-refractivity contribution in [3.8, 4) is 11.5 Å². The van der Waals surface area contributed by atoms with Crippen molar-refractivity contribution in [3.63, 3.8) is 0 Å². The molecule has 1 unspecified atom stereocenters. The lowest BCUT2D eigenvalue weighted by Crippen LogP contribution is -2.26. The summed E-state index contributed by atoms with van der Waals surface area (Å²) >= 11 is 0. The summed E-state index contributed by atoms with van der Waals surface area (Å²) < 4.78 is 32.5. The maximum atomic E-state index is 12.8. The number of hydrogen-bond acceptors (Lipinski definition) is 11. The van der Waals surface area contributed by atoms with E-state index in [1.165, 1.54) is 24.3 Å². The second kappa shape index (κ2) is 11.6. The van der Waals surface area contributed by atoms with Crippen LogP contribution in [0.1, 0.15) is 48.8 Å². The lowest BCUT2D eigenvalue weighted by atomic mass is 10.2. The molecule has 11 nitrogen and oxygen atoms in total. The minimum atomic E-state index is -1.16. The minimum Gasteiger partial charge on any atom is -0.490 e. The highest BCUT2D eigenvalue weighted by molar-refractivity contribution is 5.91. The van der Waals surface area contributed by atoms with E-state index in [-0.39, 0.29) is 64.8 Å². The van der Waals surface area contributed by atoms with Crippen LogP contribution in [0.3, 0.4) is 0 Å². The van der Waals surface area contributed by atoms with Crippen LogP contribution >= 0.6 is 0 Å². The van der Waals surface area contributed by atoms with E-state index >= 15 is 0 Å². The van der Waals surface area contributed by atoms with Gasteiger partial charge in [0.05, 0.1) is 6.61 Å². The Morgan fingerprint density at radius 3 is 1.75 bits per heavy atom. The topological polar surface area (TPSA) is 152 Å². The zero-order valence-corrected chi connectivity index (χ0v) is 22.3. The van der Waals surface area contributed by atoms with Crippen molar-refractivity contribution in [2.24, 2.45) is 0 Å². The average Bonchev–Trinajstić information content (AvgIpc) is 2.89. The van der Waals surface area contributed by atoms with E-state index in [1.54, 1.807) is 39.8 Å². The average molecular weight is 553 g/mol. The highest BCUT2D eigenvalue weighted by Crippen LogP contribution is 2.26. The van der Waals surface area contributed by atoms with E-state index in [0.717, 1.165) is 12.1 Å². The van der Waals surface area contributed by atoms with E-state index in [0.29, 0.717) is 0 Å². The summed E-state index contributed by atoms with van der Waals surface area (Å²) in [7, 11) is 0. The summed E-state index contributed by atoms with van der Waals surface area (Å²) in [6.45, 7) is 6.32. The molecule has 2 heterocycles. The highest BCUT2D eigenvalue weighted by Gasteiger charge is 2.22. The quantitative estimate of drug-likeness (QED) is 0.301. The van der Waals surface area contributed by atoms with Crippen LogP contribution in [0.5, 0.6) is 11.5 Å². The number of rotatable bonds is 9. The van der Waals surface area contributed by atoms with Crippen molar-refractivity contribution < 1.29 is 42.5 Å². The third kappa shape index (κ3) is 6.49.